The van der Waals surface area contributed by atoms with Crippen molar-refractivity contribution in [3.8, 4) is 11.8 Å². The van der Waals surface area contributed by atoms with E-state index in [9.17, 15) is 5.26 Å². The molecule has 1 unspecified atom stereocenters. The number of benzene rings is 3. The molecule has 1 fully saturated rings. The van der Waals surface area contributed by atoms with Crippen LogP contribution in [0.5, 0.6) is 0 Å². The Hall–Kier alpha value is -3.13. The summed E-state index contributed by atoms with van der Waals surface area (Å²) >= 11 is 6.20. The average Bonchev–Trinajstić information content (AvgIpc) is 3.26. The maximum atomic E-state index is 9.37. The third-order valence-electron chi connectivity index (χ3n) is 6.95. The molecule has 5 rings (SSSR count). The summed E-state index contributed by atoms with van der Waals surface area (Å²) in [5.74, 6) is 0.287. The lowest BCUT2D eigenvalue weighted by Crippen LogP contribution is -2.41. The Morgan fingerprint density at radius 2 is 1.67 bits per heavy atom. The van der Waals surface area contributed by atoms with Crippen LogP contribution in [0.3, 0.4) is 0 Å². The number of hydrogen-bond acceptors (Lipinski definition) is 3. The van der Waals surface area contributed by atoms with E-state index in [0.29, 0.717) is 10.6 Å². The third kappa shape index (κ3) is 3.72. The molecule has 33 heavy (non-hydrogen) atoms. The minimum Gasteiger partial charge on any atom is -0.367 e. The minimum absolute atomic E-state index is 0.287. The van der Waals surface area contributed by atoms with Gasteiger partial charge < -0.3 is 4.74 Å². The maximum Gasteiger partial charge on any atom is 0.138 e. The molecule has 1 heterocycles. The van der Waals surface area contributed by atoms with E-state index in [1.165, 1.54) is 19.3 Å². The van der Waals surface area contributed by atoms with Crippen molar-refractivity contribution in [3.63, 3.8) is 0 Å². The van der Waals surface area contributed by atoms with E-state index in [2.05, 4.69) is 18.2 Å². The third-order valence-corrected chi connectivity index (χ3v) is 7.20. The van der Waals surface area contributed by atoms with Crippen molar-refractivity contribution < 1.29 is 4.74 Å². The van der Waals surface area contributed by atoms with E-state index in [4.69, 9.17) is 21.4 Å². The van der Waals surface area contributed by atoms with Crippen LogP contribution >= 0.6 is 11.6 Å². The molecule has 4 nitrogen and oxygen atoms in total. The molecule has 4 aromatic rings. The van der Waals surface area contributed by atoms with Crippen molar-refractivity contribution in [2.24, 2.45) is 5.92 Å². The summed E-state index contributed by atoms with van der Waals surface area (Å²) in [4.78, 5) is 0. The van der Waals surface area contributed by atoms with E-state index in [1.807, 2.05) is 65.3 Å². The van der Waals surface area contributed by atoms with Crippen LogP contribution < -0.4 is 0 Å². The van der Waals surface area contributed by atoms with E-state index in [0.717, 1.165) is 40.7 Å². The van der Waals surface area contributed by atoms with Gasteiger partial charge in [-0.05, 0) is 66.8 Å². The molecule has 1 aliphatic carbocycles. The fourth-order valence-electron chi connectivity index (χ4n) is 5.41. The Morgan fingerprint density at radius 1 is 0.970 bits per heavy atom. The molecule has 1 aromatic heterocycles. The van der Waals surface area contributed by atoms with Crippen molar-refractivity contribution in [1.29, 1.82) is 5.26 Å². The first-order chi connectivity index (χ1) is 16.2. The first kappa shape index (κ1) is 21.7. The minimum atomic E-state index is -0.704. The van der Waals surface area contributed by atoms with Gasteiger partial charge in [0.2, 0.25) is 0 Å². The van der Waals surface area contributed by atoms with E-state index >= 15 is 0 Å². The van der Waals surface area contributed by atoms with Gasteiger partial charge in [0, 0.05) is 17.5 Å². The molecule has 0 radical (unpaired) electrons. The van der Waals surface area contributed by atoms with Crippen molar-refractivity contribution in [1.82, 2.24) is 9.78 Å². The summed E-state index contributed by atoms with van der Waals surface area (Å²) < 4.78 is 8.63. The fourth-order valence-corrected chi connectivity index (χ4v) is 5.53. The van der Waals surface area contributed by atoms with Crippen LogP contribution in [-0.4, -0.2) is 16.9 Å². The van der Waals surface area contributed by atoms with Gasteiger partial charge in [-0.3, -0.25) is 0 Å². The molecule has 0 aliphatic heterocycles. The number of nitriles is 1. The van der Waals surface area contributed by atoms with Gasteiger partial charge in [0.1, 0.15) is 5.60 Å². The summed E-state index contributed by atoms with van der Waals surface area (Å²) in [5, 5.41) is 16.2. The van der Waals surface area contributed by atoms with E-state index < -0.39 is 5.60 Å². The highest BCUT2D eigenvalue weighted by Gasteiger charge is 2.46. The molecule has 5 heteroatoms. The molecule has 0 spiro atoms. The number of methoxy groups -OCH3 is 1. The highest BCUT2D eigenvalue weighted by molar-refractivity contribution is 6.30. The Kier molecular flexibility index (Phi) is 5.93. The van der Waals surface area contributed by atoms with Gasteiger partial charge in [0.25, 0.3) is 0 Å². The highest BCUT2D eigenvalue weighted by Crippen LogP contribution is 2.49. The van der Waals surface area contributed by atoms with Crippen LogP contribution in [-0.2, 0) is 10.3 Å². The van der Waals surface area contributed by atoms with Gasteiger partial charge in [-0.25, -0.2) is 4.68 Å². The number of aromatic nitrogens is 2. The van der Waals surface area contributed by atoms with Gasteiger partial charge in [-0.15, -0.1) is 0 Å². The monoisotopic (exact) mass is 455 g/mol. The summed E-state index contributed by atoms with van der Waals surface area (Å²) in [6.45, 7) is 0. The zero-order chi connectivity index (χ0) is 22.8. The second kappa shape index (κ2) is 9.02. The zero-order valence-corrected chi connectivity index (χ0v) is 19.4. The Balaban J connectivity index is 1.84. The normalized spacial score (nSPS) is 16.4. The second-order valence-corrected chi connectivity index (χ2v) is 9.15. The lowest BCUT2D eigenvalue weighted by Gasteiger charge is -2.42. The fraction of sp³-hybridized carbons (Fsp3) is 0.286. The van der Waals surface area contributed by atoms with Crippen molar-refractivity contribution in [3.05, 3.63) is 94.6 Å². The van der Waals surface area contributed by atoms with Gasteiger partial charge in [0.15, 0.2) is 0 Å². The quantitative estimate of drug-likeness (QED) is 0.325. The van der Waals surface area contributed by atoms with E-state index in [-0.39, 0.29) is 5.92 Å². The molecule has 0 amide bonds. The van der Waals surface area contributed by atoms with Crippen LogP contribution in [0.1, 0.15) is 48.9 Å². The van der Waals surface area contributed by atoms with Gasteiger partial charge >= 0.3 is 0 Å². The number of fused-ring (bicyclic) bond motifs is 1. The standard InChI is InChI=1S/C28H26ClN3O/c1-33-28(21-7-3-2-4-8-21,22-13-11-20(19-30)12-14-22)27-25-9-5-6-10-26(25)31-32(27)24-17-15-23(29)16-18-24/h5-6,9-18,21H,2-4,7-8H2,1H3. The second-order valence-electron chi connectivity index (χ2n) is 8.72. The first-order valence-corrected chi connectivity index (χ1v) is 11.8. The Bertz CT molecular complexity index is 1300. The largest absolute Gasteiger partial charge is 0.367 e. The SMILES string of the molecule is COC(c1ccc(C#N)cc1)(c1c2ccccc2nn1-c1ccc(Cl)cc1)C1CCCCC1. The summed E-state index contributed by atoms with van der Waals surface area (Å²) in [6.07, 6.45) is 5.76. The number of rotatable bonds is 5. The topological polar surface area (TPSA) is 50.8 Å². The summed E-state index contributed by atoms with van der Waals surface area (Å²) in [5.41, 5.74) is 3.88. The zero-order valence-electron chi connectivity index (χ0n) is 18.7. The molecular weight excluding hydrogens is 430 g/mol. The van der Waals surface area contributed by atoms with Gasteiger partial charge in [-0.2, -0.15) is 10.4 Å². The number of nitrogens with zero attached hydrogens (tertiary/aromatic N) is 3. The predicted octanol–water partition coefficient (Wildman–Crippen LogP) is 7.02. The molecule has 3 aromatic carbocycles. The van der Waals surface area contributed by atoms with Gasteiger partial charge in [-0.1, -0.05) is 61.2 Å². The average molecular weight is 456 g/mol. The number of halogens is 1. The molecule has 1 atom stereocenters. The lowest BCUT2D eigenvalue weighted by atomic mass is 9.70. The molecule has 1 saturated carbocycles. The number of hydrogen-bond donors (Lipinski definition) is 0. The number of ether oxygens (including phenoxy) is 1. The molecule has 0 saturated heterocycles. The summed E-state index contributed by atoms with van der Waals surface area (Å²) in [6, 6.07) is 26.1. The predicted molar refractivity (Wildman–Crippen MR) is 132 cm³/mol. The molecule has 166 valence electrons. The van der Waals surface area contributed by atoms with Crippen LogP contribution in [0, 0.1) is 17.2 Å². The van der Waals surface area contributed by atoms with Gasteiger partial charge in [0.05, 0.1) is 28.5 Å². The molecule has 0 bridgehead atoms. The van der Waals surface area contributed by atoms with E-state index in [1.54, 1.807) is 7.11 Å². The molecular formula is C28H26ClN3O. The summed E-state index contributed by atoms with van der Waals surface area (Å²) in [7, 11) is 1.81. The molecule has 1 aliphatic rings. The van der Waals surface area contributed by atoms with Crippen LogP contribution in [0.2, 0.25) is 5.02 Å². The molecule has 0 N–H and O–H groups in total. The van der Waals surface area contributed by atoms with Crippen molar-refractivity contribution in [2.45, 2.75) is 37.7 Å². The maximum absolute atomic E-state index is 9.37. The first-order valence-electron chi connectivity index (χ1n) is 11.5. The van der Waals surface area contributed by atoms with Crippen molar-refractivity contribution >= 4 is 22.5 Å². The Morgan fingerprint density at radius 3 is 2.33 bits per heavy atom. The van der Waals surface area contributed by atoms with Crippen LogP contribution in [0.15, 0.2) is 72.8 Å². The van der Waals surface area contributed by atoms with Crippen LogP contribution in [0.25, 0.3) is 16.6 Å². The Labute approximate surface area is 199 Å². The highest BCUT2D eigenvalue weighted by atomic mass is 35.5. The van der Waals surface area contributed by atoms with Crippen LogP contribution in [0.4, 0.5) is 0 Å². The lowest BCUT2D eigenvalue weighted by molar-refractivity contribution is -0.0458. The smallest absolute Gasteiger partial charge is 0.138 e. The van der Waals surface area contributed by atoms with Crippen molar-refractivity contribution in [2.75, 3.05) is 7.11 Å².